The smallest absolute Gasteiger partial charge is 0.130 e. The fraction of sp³-hybridized carbons (Fsp3) is 0.417. The van der Waals surface area contributed by atoms with Crippen LogP contribution in [0.1, 0.15) is 25.8 Å². The zero-order chi connectivity index (χ0) is 12.3. The van der Waals surface area contributed by atoms with E-state index in [-0.39, 0.29) is 0 Å². The van der Waals surface area contributed by atoms with Crippen molar-refractivity contribution in [2.24, 2.45) is 0 Å². The molecule has 0 atom stereocenters. The SMILES string of the molecule is CCCn1nccc1-c1ncnc(N)c1CC. The van der Waals surface area contributed by atoms with E-state index in [2.05, 4.69) is 28.9 Å². The third-order valence-electron chi connectivity index (χ3n) is 2.73. The summed E-state index contributed by atoms with van der Waals surface area (Å²) in [6.07, 6.45) is 5.16. The summed E-state index contributed by atoms with van der Waals surface area (Å²) in [6, 6.07) is 1.97. The van der Waals surface area contributed by atoms with Crippen LogP contribution in [-0.2, 0) is 13.0 Å². The van der Waals surface area contributed by atoms with E-state index in [1.54, 1.807) is 6.20 Å². The van der Waals surface area contributed by atoms with Crippen molar-refractivity contribution >= 4 is 5.82 Å². The number of hydrogen-bond donors (Lipinski definition) is 1. The summed E-state index contributed by atoms with van der Waals surface area (Å²) < 4.78 is 1.96. The molecular formula is C12H17N5. The molecular weight excluding hydrogens is 214 g/mol. The maximum absolute atomic E-state index is 5.88. The highest BCUT2D eigenvalue weighted by Crippen LogP contribution is 2.24. The third-order valence-corrected chi connectivity index (χ3v) is 2.73. The standard InChI is InChI=1S/C12H17N5/c1-3-7-17-10(5-6-16-17)11-9(4-2)12(13)15-8-14-11/h5-6,8H,3-4,7H2,1-2H3,(H2,13,14,15). The van der Waals surface area contributed by atoms with E-state index >= 15 is 0 Å². The summed E-state index contributed by atoms with van der Waals surface area (Å²) in [4.78, 5) is 8.38. The second kappa shape index (κ2) is 4.95. The lowest BCUT2D eigenvalue weighted by Crippen LogP contribution is -2.06. The van der Waals surface area contributed by atoms with E-state index in [1.807, 2.05) is 10.7 Å². The number of aromatic nitrogens is 4. The highest BCUT2D eigenvalue weighted by molar-refractivity contribution is 5.64. The molecule has 0 fully saturated rings. The van der Waals surface area contributed by atoms with Gasteiger partial charge in [-0.25, -0.2) is 9.97 Å². The van der Waals surface area contributed by atoms with E-state index in [1.165, 1.54) is 6.33 Å². The summed E-state index contributed by atoms with van der Waals surface area (Å²) in [5.41, 5.74) is 8.78. The molecule has 0 saturated carbocycles. The summed E-state index contributed by atoms with van der Waals surface area (Å²) >= 11 is 0. The van der Waals surface area contributed by atoms with Crippen molar-refractivity contribution in [2.75, 3.05) is 5.73 Å². The lowest BCUT2D eigenvalue weighted by atomic mass is 10.1. The summed E-state index contributed by atoms with van der Waals surface area (Å²) in [7, 11) is 0. The lowest BCUT2D eigenvalue weighted by Gasteiger charge is -2.10. The second-order valence-electron chi connectivity index (χ2n) is 3.88. The van der Waals surface area contributed by atoms with Crippen LogP contribution in [0.15, 0.2) is 18.6 Å². The van der Waals surface area contributed by atoms with Crippen molar-refractivity contribution in [2.45, 2.75) is 33.2 Å². The maximum atomic E-state index is 5.88. The van der Waals surface area contributed by atoms with Crippen LogP contribution < -0.4 is 5.73 Å². The highest BCUT2D eigenvalue weighted by Gasteiger charge is 2.13. The van der Waals surface area contributed by atoms with Crippen LogP contribution in [0.4, 0.5) is 5.82 Å². The van der Waals surface area contributed by atoms with Crippen molar-refractivity contribution in [3.63, 3.8) is 0 Å². The molecule has 2 aromatic heterocycles. The zero-order valence-corrected chi connectivity index (χ0v) is 10.2. The lowest BCUT2D eigenvalue weighted by molar-refractivity contribution is 0.607. The van der Waals surface area contributed by atoms with Gasteiger partial charge in [-0.15, -0.1) is 0 Å². The fourth-order valence-electron chi connectivity index (χ4n) is 1.92. The number of nitrogen functional groups attached to an aromatic ring is 1. The largest absolute Gasteiger partial charge is 0.383 e. The predicted octanol–water partition coefficient (Wildman–Crippen LogP) is 1.89. The number of rotatable bonds is 4. The van der Waals surface area contributed by atoms with E-state index in [0.29, 0.717) is 5.82 Å². The molecule has 0 bridgehead atoms. The minimum atomic E-state index is 0.557. The summed E-state index contributed by atoms with van der Waals surface area (Å²) in [5, 5.41) is 4.30. The summed E-state index contributed by atoms with van der Waals surface area (Å²) in [5.74, 6) is 0.557. The Morgan fingerprint density at radius 2 is 2.12 bits per heavy atom. The molecule has 2 rings (SSSR count). The van der Waals surface area contributed by atoms with Crippen LogP contribution >= 0.6 is 0 Å². The molecule has 0 aliphatic rings. The van der Waals surface area contributed by atoms with Crippen molar-refractivity contribution in [1.29, 1.82) is 0 Å². The normalized spacial score (nSPS) is 10.7. The van der Waals surface area contributed by atoms with E-state index < -0.39 is 0 Å². The molecule has 2 N–H and O–H groups in total. The zero-order valence-electron chi connectivity index (χ0n) is 10.2. The molecule has 0 unspecified atom stereocenters. The van der Waals surface area contributed by atoms with Gasteiger partial charge in [-0.05, 0) is 18.9 Å². The first kappa shape index (κ1) is 11.6. The average Bonchev–Trinajstić information content (AvgIpc) is 2.77. The number of anilines is 1. The van der Waals surface area contributed by atoms with Crippen LogP contribution in [0.3, 0.4) is 0 Å². The van der Waals surface area contributed by atoms with Crippen LogP contribution in [-0.4, -0.2) is 19.7 Å². The molecule has 2 aromatic rings. The van der Waals surface area contributed by atoms with E-state index in [9.17, 15) is 0 Å². The van der Waals surface area contributed by atoms with Gasteiger partial charge < -0.3 is 5.73 Å². The molecule has 0 aliphatic carbocycles. The summed E-state index contributed by atoms with van der Waals surface area (Å²) in [6.45, 7) is 5.06. The van der Waals surface area contributed by atoms with Crippen molar-refractivity contribution in [3.8, 4) is 11.4 Å². The van der Waals surface area contributed by atoms with E-state index in [4.69, 9.17) is 5.73 Å². The van der Waals surface area contributed by atoms with Crippen LogP contribution in [0.5, 0.6) is 0 Å². The van der Waals surface area contributed by atoms with Crippen LogP contribution in [0, 0.1) is 0 Å². The van der Waals surface area contributed by atoms with Gasteiger partial charge in [0.15, 0.2) is 0 Å². The molecule has 0 aliphatic heterocycles. The van der Waals surface area contributed by atoms with Crippen molar-refractivity contribution in [1.82, 2.24) is 19.7 Å². The van der Waals surface area contributed by atoms with Gasteiger partial charge in [-0.2, -0.15) is 5.10 Å². The Hall–Kier alpha value is -1.91. The molecule has 5 heteroatoms. The third kappa shape index (κ3) is 2.13. The molecule has 2 heterocycles. The molecule has 0 saturated heterocycles. The van der Waals surface area contributed by atoms with Gasteiger partial charge in [0, 0.05) is 18.3 Å². The topological polar surface area (TPSA) is 69.6 Å². The minimum absolute atomic E-state index is 0.557. The van der Waals surface area contributed by atoms with Gasteiger partial charge in [-0.1, -0.05) is 13.8 Å². The highest BCUT2D eigenvalue weighted by atomic mass is 15.3. The van der Waals surface area contributed by atoms with Crippen LogP contribution in [0.25, 0.3) is 11.4 Å². The minimum Gasteiger partial charge on any atom is -0.383 e. The van der Waals surface area contributed by atoms with Crippen molar-refractivity contribution < 1.29 is 0 Å². The Kier molecular flexibility index (Phi) is 3.37. The first-order valence-corrected chi connectivity index (χ1v) is 5.89. The Bertz CT molecular complexity index is 503. The van der Waals surface area contributed by atoms with Crippen molar-refractivity contribution in [3.05, 3.63) is 24.2 Å². The predicted molar refractivity (Wildman–Crippen MR) is 67.3 cm³/mol. The number of nitrogens with two attached hydrogens (primary N) is 1. The van der Waals surface area contributed by atoms with Gasteiger partial charge in [-0.3, -0.25) is 4.68 Å². The monoisotopic (exact) mass is 231 g/mol. The fourth-order valence-corrected chi connectivity index (χ4v) is 1.92. The quantitative estimate of drug-likeness (QED) is 0.872. The Labute approximate surface area is 101 Å². The molecule has 5 nitrogen and oxygen atoms in total. The molecule has 0 radical (unpaired) electrons. The maximum Gasteiger partial charge on any atom is 0.130 e. The number of hydrogen-bond acceptors (Lipinski definition) is 4. The number of aryl methyl sites for hydroxylation is 1. The van der Waals surface area contributed by atoms with Gasteiger partial charge >= 0.3 is 0 Å². The first-order chi connectivity index (χ1) is 8.27. The Morgan fingerprint density at radius 3 is 2.82 bits per heavy atom. The first-order valence-electron chi connectivity index (χ1n) is 5.89. The van der Waals surface area contributed by atoms with Gasteiger partial charge in [0.1, 0.15) is 12.1 Å². The molecule has 0 spiro atoms. The molecule has 90 valence electrons. The van der Waals surface area contributed by atoms with Gasteiger partial charge in [0.25, 0.3) is 0 Å². The Morgan fingerprint density at radius 1 is 1.29 bits per heavy atom. The molecule has 0 aromatic carbocycles. The molecule has 17 heavy (non-hydrogen) atoms. The van der Waals surface area contributed by atoms with Gasteiger partial charge in [0.05, 0.1) is 11.4 Å². The Balaban J connectivity index is 2.52. The second-order valence-corrected chi connectivity index (χ2v) is 3.88. The van der Waals surface area contributed by atoms with Crippen LogP contribution in [0.2, 0.25) is 0 Å². The van der Waals surface area contributed by atoms with E-state index in [0.717, 1.165) is 36.3 Å². The average molecular weight is 231 g/mol. The molecule has 0 amide bonds. The van der Waals surface area contributed by atoms with Gasteiger partial charge in [0.2, 0.25) is 0 Å². The number of nitrogens with zero attached hydrogens (tertiary/aromatic N) is 4.